The zero-order valence-corrected chi connectivity index (χ0v) is 15.3. The van der Waals surface area contributed by atoms with Gasteiger partial charge in [-0.15, -0.1) is 11.8 Å². The highest BCUT2D eigenvalue weighted by Crippen LogP contribution is 2.28. The fourth-order valence-corrected chi connectivity index (χ4v) is 3.83. The first-order valence-corrected chi connectivity index (χ1v) is 9.79. The van der Waals surface area contributed by atoms with E-state index in [2.05, 4.69) is 64.1 Å². The lowest BCUT2D eigenvalue weighted by atomic mass is 10.2. The van der Waals surface area contributed by atoms with Crippen molar-refractivity contribution in [3.05, 3.63) is 54.6 Å². The maximum Gasteiger partial charge on any atom is 0.170 e. The van der Waals surface area contributed by atoms with E-state index in [4.69, 9.17) is 12.2 Å². The molecule has 2 aromatic carbocycles. The molecule has 0 saturated carbocycles. The predicted octanol–water partition coefficient (Wildman–Crippen LogP) is 4.37. The van der Waals surface area contributed by atoms with Crippen molar-refractivity contribution in [2.45, 2.75) is 17.7 Å². The van der Waals surface area contributed by atoms with Crippen LogP contribution in [-0.4, -0.2) is 30.5 Å². The highest BCUT2D eigenvalue weighted by molar-refractivity contribution is 7.99. The molecule has 0 atom stereocenters. The van der Waals surface area contributed by atoms with Crippen LogP contribution in [0.2, 0.25) is 0 Å². The van der Waals surface area contributed by atoms with Gasteiger partial charge < -0.3 is 15.5 Å². The maximum atomic E-state index is 5.45. The van der Waals surface area contributed by atoms with Crippen LogP contribution in [0.3, 0.4) is 0 Å². The van der Waals surface area contributed by atoms with Gasteiger partial charge in [-0.1, -0.05) is 30.3 Å². The molecule has 5 heteroatoms. The lowest BCUT2D eigenvalue weighted by Crippen LogP contribution is -2.31. The quantitative estimate of drug-likeness (QED) is 0.455. The highest BCUT2D eigenvalue weighted by atomic mass is 32.2. The van der Waals surface area contributed by atoms with Crippen molar-refractivity contribution in [1.29, 1.82) is 0 Å². The third-order valence-electron chi connectivity index (χ3n) is 4.00. The molecule has 0 aliphatic carbocycles. The molecule has 0 aromatic heterocycles. The summed E-state index contributed by atoms with van der Waals surface area (Å²) in [6, 6.07) is 18.8. The molecule has 0 amide bonds. The molecule has 2 aromatic rings. The number of nitrogens with one attached hydrogen (secondary N) is 2. The van der Waals surface area contributed by atoms with E-state index < -0.39 is 0 Å². The van der Waals surface area contributed by atoms with Gasteiger partial charge >= 0.3 is 0 Å². The highest BCUT2D eigenvalue weighted by Gasteiger charge is 2.15. The molecule has 3 nitrogen and oxygen atoms in total. The van der Waals surface area contributed by atoms with Gasteiger partial charge in [-0.05, 0) is 49.3 Å². The van der Waals surface area contributed by atoms with Gasteiger partial charge in [-0.3, -0.25) is 0 Å². The molecule has 0 unspecified atom stereocenters. The molecule has 1 aliphatic heterocycles. The van der Waals surface area contributed by atoms with Crippen LogP contribution >= 0.6 is 24.0 Å². The summed E-state index contributed by atoms with van der Waals surface area (Å²) in [6.07, 6.45) is 2.54. The van der Waals surface area contributed by atoms with E-state index in [9.17, 15) is 0 Å². The van der Waals surface area contributed by atoms with Gasteiger partial charge in [0, 0.05) is 30.3 Å². The number of thiocarbonyl (C=S) groups is 1. The fraction of sp³-hybridized carbons (Fsp3) is 0.316. The summed E-state index contributed by atoms with van der Waals surface area (Å²) in [7, 11) is 0. The first-order valence-electron chi connectivity index (χ1n) is 8.39. The second-order valence-electron chi connectivity index (χ2n) is 5.75. The van der Waals surface area contributed by atoms with E-state index in [-0.39, 0.29) is 0 Å². The van der Waals surface area contributed by atoms with Crippen LogP contribution in [0, 0.1) is 0 Å². The molecule has 1 heterocycles. The zero-order chi connectivity index (χ0) is 16.6. The minimum Gasteiger partial charge on any atom is -0.370 e. The summed E-state index contributed by atoms with van der Waals surface area (Å²) in [5.41, 5.74) is 2.34. The van der Waals surface area contributed by atoms with E-state index in [0.717, 1.165) is 31.1 Å². The number of para-hydroxylation sites is 2. The Kier molecular flexibility index (Phi) is 6.38. The van der Waals surface area contributed by atoms with Crippen LogP contribution in [0.1, 0.15) is 12.8 Å². The third-order valence-corrected chi connectivity index (χ3v) is 5.26. The molecule has 0 bridgehead atoms. The van der Waals surface area contributed by atoms with Crippen LogP contribution < -0.4 is 15.5 Å². The topological polar surface area (TPSA) is 27.3 Å². The monoisotopic (exact) mass is 357 g/mol. The number of hydrogen-bond donors (Lipinski definition) is 2. The fourth-order valence-electron chi connectivity index (χ4n) is 2.83. The predicted molar refractivity (Wildman–Crippen MR) is 109 cm³/mol. The Balaban J connectivity index is 1.46. The second-order valence-corrected chi connectivity index (χ2v) is 7.33. The van der Waals surface area contributed by atoms with Gasteiger partial charge in [-0.2, -0.15) is 0 Å². The van der Waals surface area contributed by atoms with Crippen LogP contribution in [0.25, 0.3) is 0 Å². The minimum atomic E-state index is 0.690. The normalized spacial score (nSPS) is 13.8. The lowest BCUT2D eigenvalue weighted by Gasteiger charge is -2.22. The largest absolute Gasteiger partial charge is 0.370 e. The summed E-state index contributed by atoms with van der Waals surface area (Å²) < 4.78 is 0. The molecule has 3 rings (SSSR count). The summed E-state index contributed by atoms with van der Waals surface area (Å²) in [5.74, 6) is 0.986. The van der Waals surface area contributed by atoms with Gasteiger partial charge in [0.15, 0.2) is 5.11 Å². The molecular weight excluding hydrogens is 334 g/mol. The van der Waals surface area contributed by atoms with E-state index in [0.29, 0.717) is 5.11 Å². The zero-order valence-electron chi connectivity index (χ0n) is 13.7. The summed E-state index contributed by atoms with van der Waals surface area (Å²) in [4.78, 5) is 3.72. The number of hydrogen-bond acceptors (Lipinski definition) is 3. The van der Waals surface area contributed by atoms with Gasteiger partial charge in [0.25, 0.3) is 0 Å². The van der Waals surface area contributed by atoms with Crippen molar-refractivity contribution in [3.63, 3.8) is 0 Å². The van der Waals surface area contributed by atoms with Crippen molar-refractivity contribution >= 4 is 40.5 Å². The van der Waals surface area contributed by atoms with E-state index >= 15 is 0 Å². The van der Waals surface area contributed by atoms with Crippen LogP contribution in [0.5, 0.6) is 0 Å². The Bertz CT molecular complexity index is 655. The molecule has 2 N–H and O–H groups in total. The van der Waals surface area contributed by atoms with Gasteiger partial charge in [-0.25, -0.2) is 0 Å². The number of anilines is 2. The van der Waals surface area contributed by atoms with Crippen LogP contribution in [0.15, 0.2) is 59.5 Å². The smallest absolute Gasteiger partial charge is 0.170 e. The second kappa shape index (κ2) is 8.94. The standard InChI is InChI=1S/C19H23N3S2/c23-19(20-12-15-24-16-8-2-1-3-9-16)21-17-10-4-5-11-18(17)22-13-6-7-14-22/h1-5,8-11H,6-7,12-15H2,(H2,20,21,23). The molecule has 126 valence electrons. The maximum absolute atomic E-state index is 5.45. The average molecular weight is 358 g/mol. The summed E-state index contributed by atoms with van der Waals surface area (Å²) >= 11 is 7.28. The van der Waals surface area contributed by atoms with E-state index in [1.807, 2.05) is 17.8 Å². The first kappa shape index (κ1) is 17.1. The van der Waals surface area contributed by atoms with Gasteiger partial charge in [0.1, 0.15) is 0 Å². The molecule has 0 spiro atoms. The number of rotatable bonds is 6. The third kappa shape index (κ3) is 4.89. The SMILES string of the molecule is S=C(NCCSc1ccccc1)Nc1ccccc1N1CCCC1. The molecular formula is C19H23N3S2. The average Bonchev–Trinajstić information content (AvgIpc) is 3.15. The Hall–Kier alpha value is -1.72. The lowest BCUT2D eigenvalue weighted by molar-refractivity contribution is 0.949. The molecule has 24 heavy (non-hydrogen) atoms. The van der Waals surface area contributed by atoms with Crippen LogP contribution in [-0.2, 0) is 0 Å². The van der Waals surface area contributed by atoms with E-state index in [1.54, 1.807) is 0 Å². The summed E-state index contributed by atoms with van der Waals surface area (Å²) in [6.45, 7) is 3.11. The Morgan fingerprint density at radius 2 is 1.71 bits per heavy atom. The molecule has 1 aliphatic rings. The first-order chi connectivity index (χ1) is 11.8. The Morgan fingerprint density at radius 3 is 2.50 bits per heavy atom. The Labute approximate surface area is 153 Å². The summed E-state index contributed by atoms with van der Waals surface area (Å²) in [5, 5.41) is 7.35. The molecule has 1 saturated heterocycles. The molecule has 1 fully saturated rings. The van der Waals surface area contributed by atoms with Crippen molar-refractivity contribution in [3.8, 4) is 0 Å². The van der Waals surface area contributed by atoms with E-state index in [1.165, 1.54) is 23.4 Å². The number of thioether (sulfide) groups is 1. The Morgan fingerprint density at radius 1 is 1.00 bits per heavy atom. The minimum absolute atomic E-state index is 0.690. The van der Waals surface area contributed by atoms with Gasteiger partial charge in [0.2, 0.25) is 0 Å². The van der Waals surface area contributed by atoms with Crippen molar-refractivity contribution in [2.24, 2.45) is 0 Å². The van der Waals surface area contributed by atoms with Crippen molar-refractivity contribution in [1.82, 2.24) is 5.32 Å². The number of nitrogens with zero attached hydrogens (tertiary/aromatic N) is 1. The van der Waals surface area contributed by atoms with Gasteiger partial charge in [0.05, 0.1) is 11.4 Å². The van der Waals surface area contributed by atoms with Crippen molar-refractivity contribution in [2.75, 3.05) is 35.6 Å². The van der Waals surface area contributed by atoms with Crippen molar-refractivity contribution < 1.29 is 0 Å². The number of benzene rings is 2. The van der Waals surface area contributed by atoms with Crippen LogP contribution in [0.4, 0.5) is 11.4 Å². The molecule has 0 radical (unpaired) electrons.